The van der Waals surface area contributed by atoms with Crippen LogP contribution in [-0.2, 0) is 14.3 Å². The minimum Gasteiger partial charge on any atom is -0.469 e. The topological polar surface area (TPSA) is 55.4 Å². The zero-order valence-corrected chi connectivity index (χ0v) is 8.56. The van der Waals surface area contributed by atoms with E-state index in [4.69, 9.17) is 11.6 Å². The second kappa shape index (κ2) is 6.71. The lowest BCUT2D eigenvalue weighted by molar-refractivity contribution is -0.141. The number of methoxy groups -OCH3 is 1. The number of hydrogen-bond donors (Lipinski definition) is 1. The summed E-state index contributed by atoms with van der Waals surface area (Å²) in [4.78, 5) is 21.7. The summed E-state index contributed by atoms with van der Waals surface area (Å²) in [6, 6.07) is -0.182. The maximum Gasteiger partial charge on any atom is 0.307 e. The largest absolute Gasteiger partial charge is 0.469 e. The van der Waals surface area contributed by atoms with Crippen molar-refractivity contribution in [3.05, 3.63) is 0 Å². The highest BCUT2D eigenvalue weighted by molar-refractivity contribution is 6.27. The lowest BCUT2D eigenvalue weighted by Crippen LogP contribution is -2.36. The normalized spacial score (nSPS) is 11.9. The Morgan fingerprint density at radius 1 is 1.54 bits per heavy atom. The Labute approximate surface area is 82.6 Å². The van der Waals surface area contributed by atoms with Crippen LogP contribution in [0.3, 0.4) is 0 Å². The van der Waals surface area contributed by atoms with E-state index in [0.29, 0.717) is 6.42 Å². The molecule has 0 aromatic carbocycles. The van der Waals surface area contributed by atoms with Crippen molar-refractivity contribution in [2.45, 2.75) is 25.8 Å². The van der Waals surface area contributed by atoms with Crippen molar-refractivity contribution < 1.29 is 14.3 Å². The molecule has 0 aromatic rings. The van der Waals surface area contributed by atoms with Crippen LogP contribution in [0.2, 0.25) is 0 Å². The molecule has 1 atom stereocenters. The van der Waals surface area contributed by atoms with Gasteiger partial charge in [0.2, 0.25) is 5.91 Å². The molecule has 1 amide bonds. The molecule has 0 radical (unpaired) electrons. The van der Waals surface area contributed by atoms with Crippen LogP contribution in [0, 0.1) is 0 Å². The summed E-state index contributed by atoms with van der Waals surface area (Å²) >= 11 is 5.30. The first-order valence-corrected chi connectivity index (χ1v) is 4.59. The summed E-state index contributed by atoms with van der Waals surface area (Å²) in [6.45, 7) is 1.88. The van der Waals surface area contributed by atoms with Gasteiger partial charge in [-0.05, 0) is 6.42 Å². The molecule has 5 heteroatoms. The molecule has 1 unspecified atom stereocenters. The minimum absolute atomic E-state index is 0.0856. The fourth-order valence-corrected chi connectivity index (χ4v) is 0.925. The quantitative estimate of drug-likeness (QED) is 0.533. The Hall–Kier alpha value is -0.770. The number of esters is 1. The smallest absolute Gasteiger partial charge is 0.307 e. The van der Waals surface area contributed by atoms with Crippen LogP contribution < -0.4 is 5.32 Å². The fraction of sp³-hybridized carbons (Fsp3) is 0.750. The molecule has 13 heavy (non-hydrogen) atoms. The first kappa shape index (κ1) is 12.2. The highest BCUT2D eigenvalue weighted by Gasteiger charge is 2.13. The Balaban J connectivity index is 3.89. The Bertz CT molecular complexity index is 166. The predicted octanol–water partition coefficient (Wildman–Crippen LogP) is 0.683. The molecule has 0 aromatic heterocycles. The van der Waals surface area contributed by atoms with E-state index in [1.54, 1.807) is 0 Å². The molecule has 0 aliphatic heterocycles. The van der Waals surface area contributed by atoms with Crippen LogP contribution in [0.4, 0.5) is 0 Å². The molecule has 0 saturated carbocycles. The number of carbonyl (C=O) groups excluding carboxylic acids is 2. The van der Waals surface area contributed by atoms with E-state index < -0.39 is 0 Å². The number of amides is 1. The first-order chi connectivity index (χ1) is 6.13. The zero-order valence-electron chi connectivity index (χ0n) is 7.80. The second-order valence-corrected chi connectivity index (χ2v) is 2.85. The Morgan fingerprint density at radius 3 is 2.54 bits per heavy atom. The number of alkyl halides is 1. The number of nitrogens with one attached hydrogen (secondary N) is 1. The van der Waals surface area contributed by atoms with E-state index in [-0.39, 0.29) is 30.2 Å². The van der Waals surface area contributed by atoms with E-state index >= 15 is 0 Å². The van der Waals surface area contributed by atoms with Crippen molar-refractivity contribution in [1.82, 2.24) is 5.32 Å². The van der Waals surface area contributed by atoms with Crippen LogP contribution in [0.5, 0.6) is 0 Å². The van der Waals surface area contributed by atoms with E-state index in [0.717, 1.165) is 0 Å². The average molecular weight is 208 g/mol. The molecule has 0 heterocycles. The summed E-state index contributed by atoms with van der Waals surface area (Å²) in [5.74, 6) is -0.684. The van der Waals surface area contributed by atoms with Gasteiger partial charge < -0.3 is 10.1 Å². The molecule has 0 aliphatic rings. The third-order valence-corrected chi connectivity index (χ3v) is 1.86. The first-order valence-electron chi connectivity index (χ1n) is 4.06. The number of carbonyl (C=O) groups is 2. The summed E-state index contributed by atoms with van der Waals surface area (Å²) in [7, 11) is 1.32. The highest BCUT2D eigenvalue weighted by Crippen LogP contribution is 1.99. The van der Waals surface area contributed by atoms with Gasteiger partial charge in [-0.15, -0.1) is 11.6 Å². The van der Waals surface area contributed by atoms with E-state index in [1.165, 1.54) is 7.11 Å². The molecular formula is C8H14ClNO3. The molecule has 0 spiro atoms. The van der Waals surface area contributed by atoms with Gasteiger partial charge >= 0.3 is 5.97 Å². The Kier molecular flexibility index (Phi) is 6.32. The van der Waals surface area contributed by atoms with Crippen LogP contribution in [-0.4, -0.2) is 30.9 Å². The van der Waals surface area contributed by atoms with Crippen molar-refractivity contribution in [1.29, 1.82) is 0 Å². The SMILES string of the molecule is CCC(CC(=O)OC)NC(=O)CCl. The summed E-state index contributed by atoms with van der Waals surface area (Å²) in [6.07, 6.45) is 0.868. The van der Waals surface area contributed by atoms with E-state index in [9.17, 15) is 9.59 Å². The minimum atomic E-state index is -0.332. The molecule has 76 valence electrons. The standard InChI is InChI=1S/C8H14ClNO3/c1-3-6(4-8(12)13-2)10-7(11)5-9/h6H,3-5H2,1-2H3,(H,10,11). The maximum atomic E-state index is 10.9. The van der Waals surface area contributed by atoms with Crippen molar-refractivity contribution in [2.75, 3.05) is 13.0 Å². The number of halogens is 1. The lowest BCUT2D eigenvalue weighted by atomic mass is 10.1. The van der Waals surface area contributed by atoms with Gasteiger partial charge in [0.1, 0.15) is 5.88 Å². The number of hydrogen-bond acceptors (Lipinski definition) is 3. The van der Waals surface area contributed by atoms with Crippen molar-refractivity contribution in [3.8, 4) is 0 Å². The van der Waals surface area contributed by atoms with Gasteiger partial charge in [0.05, 0.1) is 13.5 Å². The van der Waals surface area contributed by atoms with E-state index in [2.05, 4.69) is 10.1 Å². The van der Waals surface area contributed by atoms with Gasteiger partial charge in [-0.2, -0.15) is 0 Å². The van der Waals surface area contributed by atoms with Gasteiger partial charge in [-0.1, -0.05) is 6.92 Å². The van der Waals surface area contributed by atoms with Crippen LogP contribution in [0.15, 0.2) is 0 Å². The highest BCUT2D eigenvalue weighted by atomic mass is 35.5. The van der Waals surface area contributed by atoms with Crippen molar-refractivity contribution >= 4 is 23.5 Å². The third kappa shape index (κ3) is 5.47. The number of rotatable bonds is 5. The van der Waals surface area contributed by atoms with Gasteiger partial charge in [0, 0.05) is 6.04 Å². The molecular weight excluding hydrogens is 194 g/mol. The molecule has 0 aliphatic carbocycles. The molecule has 0 fully saturated rings. The monoisotopic (exact) mass is 207 g/mol. The molecule has 0 saturated heterocycles. The summed E-state index contributed by atoms with van der Waals surface area (Å²) in [5.41, 5.74) is 0. The lowest BCUT2D eigenvalue weighted by Gasteiger charge is -2.14. The molecule has 4 nitrogen and oxygen atoms in total. The van der Waals surface area contributed by atoms with Gasteiger partial charge in [-0.3, -0.25) is 9.59 Å². The average Bonchev–Trinajstić information content (AvgIpc) is 2.16. The van der Waals surface area contributed by atoms with Crippen LogP contribution in [0.25, 0.3) is 0 Å². The summed E-state index contributed by atoms with van der Waals surface area (Å²) < 4.78 is 4.47. The third-order valence-electron chi connectivity index (χ3n) is 1.62. The maximum absolute atomic E-state index is 10.9. The van der Waals surface area contributed by atoms with Crippen molar-refractivity contribution in [3.63, 3.8) is 0 Å². The van der Waals surface area contributed by atoms with Crippen LogP contribution in [0.1, 0.15) is 19.8 Å². The van der Waals surface area contributed by atoms with Crippen molar-refractivity contribution in [2.24, 2.45) is 0 Å². The molecule has 1 N–H and O–H groups in total. The van der Waals surface area contributed by atoms with Gasteiger partial charge in [-0.25, -0.2) is 0 Å². The Morgan fingerprint density at radius 2 is 2.15 bits per heavy atom. The second-order valence-electron chi connectivity index (χ2n) is 2.59. The van der Waals surface area contributed by atoms with Gasteiger partial charge in [0.15, 0.2) is 0 Å². The number of ether oxygens (including phenoxy) is 1. The van der Waals surface area contributed by atoms with Crippen LogP contribution >= 0.6 is 11.6 Å². The predicted molar refractivity (Wildman–Crippen MR) is 49.6 cm³/mol. The molecule has 0 rings (SSSR count). The summed E-state index contributed by atoms with van der Waals surface area (Å²) in [5, 5.41) is 2.61. The van der Waals surface area contributed by atoms with Gasteiger partial charge in [0.25, 0.3) is 0 Å². The molecule has 0 bridgehead atoms. The fourth-order valence-electron chi connectivity index (χ4n) is 0.848. The van der Waals surface area contributed by atoms with E-state index in [1.807, 2.05) is 6.92 Å². The zero-order chi connectivity index (χ0) is 10.3.